The van der Waals surface area contributed by atoms with E-state index in [1.807, 2.05) is 45.0 Å². The molecule has 1 heterocycles. The van der Waals surface area contributed by atoms with Gasteiger partial charge in [-0.3, -0.25) is 4.79 Å². The standard InChI is InChI=1S/C21H32N2O7/c1-5-26-17-8-6-7-9-18(17)28-13-16-12-23(10-11-27-16)21(25)30-15(4)29-20(24)19(22)14(2)3/h6-9,14-16,19H,5,10-13,22H2,1-4H3/t15-,16-,19+/m0/s1. The smallest absolute Gasteiger partial charge is 0.413 e. The second-order valence-corrected chi connectivity index (χ2v) is 7.29. The van der Waals surface area contributed by atoms with Gasteiger partial charge in [-0.1, -0.05) is 26.0 Å². The number of nitrogens with two attached hydrogens (primary N) is 1. The van der Waals surface area contributed by atoms with Gasteiger partial charge in [0.2, 0.25) is 6.29 Å². The number of esters is 1. The third-order valence-corrected chi connectivity index (χ3v) is 4.51. The number of rotatable bonds is 9. The number of carbonyl (C=O) groups excluding carboxylic acids is 2. The van der Waals surface area contributed by atoms with E-state index in [1.165, 1.54) is 11.8 Å². The summed E-state index contributed by atoms with van der Waals surface area (Å²) in [6, 6.07) is 6.61. The molecule has 0 saturated carbocycles. The summed E-state index contributed by atoms with van der Waals surface area (Å²) >= 11 is 0. The lowest BCUT2D eigenvalue weighted by Crippen LogP contribution is -2.48. The maximum atomic E-state index is 12.4. The van der Waals surface area contributed by atoms with Crippen LogP contribution in [0.3, 0.4) is 0 Å². The molecule has 0 bridgehead atoms. The second kappa shape index (κ2) is 11.6. The molecule has 9 heteroatoms. The van der Waals surface area contributed by atoms with Crippen molar-refractivity contribution in [1.82, 2.24) is 4.90 Å². The van der Waals surface area contributed by atoms with Gasteiger partial charge < -0.3 is 34.3 Å². The predicted molar refractivity (Wildman–Crippen MR) is 109 cm³/mol. The zero-order chi connectivity index (χ0) is 22.1. The summed E-state index contributed by atoms with van der Waals surface area (Å²) in [6.45, 7) is 8.80. The molecule has 1 aliphatic rings. The molecule has 1 aromatic rings. The van der Waals surface area contributed by atoms with Crippen molar-refractivity contribution in [2.45, 2.75) is 46.1 Å². The molecule has 1 fully saturated rings. The number of carbonyl (C=O) groups is 2. The zero-order valence-corrected chi connectivity index (χ0v) is 18.0. The summed E-state index contributed by atoms with van der Waals surface area (Å²) < 4.78 is 27.4. The van der Waals surface area contributed by atoms with E-state index < -0.39 is 24.4 Å². The molecule has 168 valence electrons. The summed E-state index contributed by atoms with van der Waals surface area (Å²) in [5.41, 5.74) is 5.75. The van der Waals surface area contributed by atoms with Crippen LogP contribution in [0.25, 0.3) is 0 Å². The van der Waals surface area contributed by atoms with Gasteiger partial charge in [0, 0.05) is 13.5 Å². The Bertz CT molecular complexity index is 698. The van der Waals surface area contributed by atoms with Gasteiger partial charge in [-0.15, -0.1) is 0 Å². The molecule has 30 heavy (non-hydrogen) atoms. The van der Waals surface area contributed by atoms with Crippen LogP contribution in [0.1, 0.15) is 27.7 Å². The first-order valence-corrected chi connectivity index (χ1v) is 10.2. The number of benzene rings is 1. The average Bonchev–Trinajstić information content (AvgIpc) is 2.72. The lowest BCUT2D eigenvalue weighted by Gasteiger charge is -2.32. The van der Waals surface area contributed by atoms with Crippen LogP contribution in [-0.2, 0) is 19.0 Å². The Morgan fingerprint density at radius 2 is 1.83 bits per heavy atom. The minimum absolute atomic E-state index is 0.0757. The number of nitrogens with zero attached hydrogens (tertiary/aromatic N) is 1. The first-order valence-electron chi connectivity index (χ1n) is 10.2. The van der Waals surface area contributed by atoms with Gasteiger partial charge in [-0.2, -0.15) is 0 Å². The fraction of sp³-hybridized carbons (Fsp3) is 0.619. The van der Waals surface area contributed by atoms with Crippen LogP contribution in [0.2, 0.25) is 0 Å². The van der Waals surface area contributed by atoms with Crippen molar-refractivity contribution in [2.24, 2.45) is 11.7 Å². The lowest BCUT2D eigenvalue weighted by molar-refractivity contribution is -0.169. The van der Waals surface area contributed by atoms with Gasteiger partial charge in [-0.05, 0) is 25.0 Å². The van der Waals surface area contributed by atoms with E-state index in [1.54, 1.807) is 0 Å². The van der Waals surface area contributed by atoms with Crippen molar-refractivity contribution < 1.29 is 33.3 Å². The number of morpholine rings is 1. The highest BCUT2D eigenvalue weighted by Crippen LogP contribution is 2.26. The van der Waals surface area contributed by atoms with Gasteiger partial charge in [0.25, 0.3) is 0 Å². The topological polar surface area (TPSA) is 110 Å². The van der Waals surface area contributed by atoms with Gasteiger partial charge >= 0.3 is 12.1 Å². The van der Waals surface area contributed by atoms with Crippen molar-refractivity contribution in [2.75, 3.05) is 32.9 Å². The Kier molecular flexibility index (Phi) is 9.19. The van der Waals surface area contributed by atoms with Crippen LogP contribution >= 0.6 is 0 Å². The van der Waals surface area contributed by atoms with Gasteiger partial charge in [-0.25, -0.2) is 4.79 Å². The number of hydrogen-bond donors (Lipinski definition) is 1. The Balaban J connectivity index is 1.82. The van der Waals surface area contributed by atoms with Crippen LogP contribution in [0, 0.1) is 5.92 Å². The van der Waals surface area contributed by atoms with Crippen LogP contribution in [0.15, 0.2) is 24.3 Å². The summed E-state index contributed by atoms with van der Waals surface area (Å²) in [4.78, 5) is 25.8. The van der Waals surface area contributed by atoms with Crippen LogP contribution in [0.5, 0.6) is 11.5 Å². The Morgan fingerprint density at radius 3 is 2.47 bits per heavy atom. The van der Waals surface area contributed by atoms with E-state index in [0.717, 1.165) is 0 Å². The normalized spacial score (nSPS) is 18.5. The number of amides is 1. The molecule has 0 aromatic heterocycles. The first-order chi connectivity index (χ1) is 14.3. The molecule has 1 saturated heterocycles. The first kappa shape index (κ1) is 23.8. The van der Waals surface area contributed by atoms with Crippen LogP contribution in [-0.4, -0.2) is 68.3 Å². The quantitative estimate of drug-likeness (QED) is 0.474. The molecule has 2 N–H and O–H groups in total. The SMILES string of the molecule is CCOc1ccccc1OC[C@@H]1CN(C(=O)O[C@@H](C)OC(=O)[C@H](N)C(C)C)CCO1. The lowest BCUT2D eigenvalue weighted by atomic mass is 10.1. The minimum Gasteiger partial charge on any atom is -0.490 e. The van der Waals surface area contributed by atoms with E-state index in [9.17, 15) is 9.59 Å². The van der Waals surface area contributed by atoms with Crippen molar-refractivity contribution in [1.29, 1.82) is 0 Å². The number of ether oxygens (including phenoxy) is 5. The maximum absolute atomic E-state index is 12.4. The van der Waals surface area contributed by atoms with E-state index >= 15 is 0 Å². The fourth-order valence-electron chi connectivity index (χ4n) is 2.77. The molecule has 0 aliphatic carbocycles. The Labute approximate surface area is 177 Å². The molecule has 0 unspecified atom stereocenters. The largest absolute Gasteiger partial charge is 0.490 e. The van der Waals surface area contributed by atoms with E-state index in [4.69, 9.17) is 29.4 Å². The molecular formula is C21H32N2O7. The van der Waals surface area contributed by atoms with E-state index in [0.29, 0.717) is 37.8 Å². The molecule has 1 aliphatic heterocycles. The monoisotopic (exact) mass is 424 g/mol. The van der Waals surface area contributed by atoms with Crippen LogP contribution in [0.4, 0.5) is 4.79 Å². The summed E-state index contributed by atoms with van der Waals surface area (Å²) in [7, 11) is 0. The molecule has 0 radical (unpaired) electrons. The summed E-state index contributed by atoms with van der Waals surface area (Å²) in [5.74, 6) is 0.590. The molecule has 0 spiro atoms. The highest BCUT2D eigenvalue weighted by Gasteiger charge is 2.28. The predicted octanol–water partition coefficient (Wildman–Crippen LogP) is 2.17. The third-order valence-electron chi connectivity index (χ3n) is 4.51. The van der Waals surface area contributed by atoms with Crippen molar-refractivity contribution in [3.05, 3.63) is 24.3 Å². The van der Waals surface area contributed by atoms with Gasteiger partial charge in [0.05, 0.1) is 19.8 Å². The Hall–Kier alpha value is -2.52. The van der Waals surface area contributed by atoms with Crippen LogP contribution < -0.4 is 15.2 Å². The molecule has 1 aromatic carbocycles. The average molecular weight is 424 g/mol. The highest BCUT2D eigenvalue weighted by atomic mass is 16.7. The highest BCUT2D eigenvalue weighted by molar-refractivity contribution is 5.76. The summed E-state index contributed by atoms with van der Waals surface area (Å²) in [6.07, 6.45) is -1.95. The van der Waals surface area contributed by atoms with Crippen molar-refractivity contribution in [3.8, 4) is 11.5 Å². The third kappa shape index (κ3) is 7.07. The van der Waals surface area contributed by atoms with Gasteiger partial charge in [0.15, 0.2) is 11.5 Å². The molecule has 2 rings (SSSR count). The van der Waals surface area contributed by atoms with Crippen molar-refractivity contribution in [3.63, 3.8) is 0 Å². The van der Waals surface area contributed by atoms with Gasteiger partial charge in [0.1, 0.15) is 18.8 Å². The fourth-order valence-corrected chi connectivity index (χ4v) is 2.77. The zero-order valence-electron chi connectivity index (χ0n) is 18.0. The molecule has 1 amide bonds. The van der Waals surface area contributed by atoms with Crippen molar-refractivity contribution >= 4 is 12.1 Å². The summed E-state index contributed by atoms with van der Waals surface area (Å²) in [5, 5.41) is 0. The minimum atomic E-state index is -1.04. The maximum Gasteiger partial charge on any atom is 0.413 e. The molecule has 9 nitrogen and oxygen atoms in total. The Morgan fingerprint density at radius 1 is 1.17 bits per heavy atom. The molecule has 3 atom stereocenters. The van der Waals surface area contributed by atoms with E-state index in [-0.39, 0.29) is 18.6 Å². The second-order valence-electron chi connectivity index (χ2n) is 7.29. The molecular weight excluding hydrogens is 392 g/mol. The number of para-hydroxylation sites is 2. The van der Waals surface area contributed by atoms with E-state index in [2.05, 4.69) is 0 Å². The number of hydrogen-bond acceptors (Lipinski definition) is 8.